The fourth-order valence-corrected chi connectivity index (χ4v) is 2.20. The van der Waals surface area contributed by atoms with Crippen molar-refractivity contribution in [1.29, 1.82) is 0 Å². The van der Waals surface area contributed by atoms with Gasteiger partial charge < -0.3 is 19.8 Å². The largest absolute Gasteiger partial charge is 0.508 e. The number of carboxylic acid groups (broad SMARTS) is 1. The molecule has 0 aliphatic carbocycles. The van der Waals surface area contributed by atoms with E-state index in [0.717, 1.165) is 0 Å². The van der Waals surface area contributed by atoms with Crippen LogP contribution in [-0.4, -0.2) is 59.5 Å². The molecule has 1 unspecified atom stereocenters. The zero-order valence-electron chi connectivity index (χ0n) is 11.7. The van der Waals surface area contributed by atoms with Crippen LogP contribution in [0.4, 0.5) is 10.5 Å². The van der Waals surface area contributed by atoms with Crippen LogP contribution in [0.15, 0.2) is 24.3 Å². The second-order valence-corrected chi connectivity index (χ2v) is 4.91. The normalized spacial score (nSPS) is 18.3. The molecule has 7 nitrogen and oxygen atoms in total. The average molecular weight is 294 g/mol. The third kappa shape index (κ3) is 3.85. The molecule has 1 aromatic rings. The van der Waals surface area contributed by atoms with Gasteiger partial charge in [0.15, 0.2) is 0 Å². The maximum Gasteiger partial charge on any atom is 0.325 e. The molecular formula is C14H18N2O5. The summed E-state index contributed by atoms with van der Waals surface area (Å²) >= 11 is 0. The molecule has 1 saturated heterocycles. The Morgan fingerprint density at radius 2 is 2.05 bits per heavy atom. The van der Waals surface area contributed by atoms with Gasteiger partial charge in [-0.15, -0.1) is 0 Å². The van der Waals surface area contributed by atoms with Gasteiger partial charge in [0.25, 0.3) is 0 Å². The van der Waals surface area contributed by atoms with Crippen LogP contribution in [-0.2, 0) is 9.53 Å². The zero-order chi connectivity index (χ0) is 15.4. The maximum absolute atomic E-state index is 12.5. The monoisotopic (exact) mass is 294 g/mol. The van der Waals surface area contributed by atoms with Gasteiger partial charge in [-0.05, 0) is 31.2 Å². The van der Waals surface area contributed by atoms with E-state index in [1.807, 2.05) is 6.92 Å². The van der Waals surface area contributed by atoms with Crippen LogP contribution in [0.3, 0.4) is 0 Å². The van der Waals surface area contributed by atoms with Crippen LogP contribution in [0.5, 0.6) is 5.75 Å². The molecule has 1 fully saturated rings. The molecule has 2 amide bonds. The van der Waals surface area contributed by atoms with Gasteiger partial charge in [0.05, 0.1) is 12.7 Å². The van der Waals surface area contributed by atoms with Crippen LogP contribution in [0, 0.1) is 0 Å². The van der Waals surface area contributed by atoms with E-state index >= 15 is 0 Å². The molecule has 1 aliphatic rings. The van der Waals surface area contributed by atoms with Gasteiger partial charge in [0.2, 0.25) is 0 Å². The van der Waals surface area contributed by atoms with Crippen molar-refractivity contribution >= 4 is 17.7 Å². The molecule has 1 heterocycles. The molecule has 7 heteroatoms. The molecule has 0 radical (unpaired) electrons. The van der Waals surface area contributed by atoms with Crippen molar-refractivity contribution in [3.63, 3.8) is 0 Å². The predicted molar refractivity (Wildman–Crippen MR) is 75.5 cm³/mol. The fraction of sp³-hybridized carbons (Fsp3) is 0.429. The van der Waals surface area contributed by atoms with Gasteiger partial charge in [0.1, 0.15) is 12.3 Å². The summed E-state index contributed by atoms with van der Waals surface area (Å²) < 4.78 is 5.38. The Morgan fingerprint density at radius 1 is 1.38 bits per heavy atom. The number of amides is 2. The smallest absolute Gasteiger partial charge is 0.325 e. The van der Waals surface area contributed by atoms with Crippen molar-refractivity contribution in [2.45, 2.75) is 13.0 Å². The van der Waals surface area contributed by atoms with E-state index in [4.69, 9.17) is 9.84 Å². The number of hydrogen-bond donors (Lipinski definition) is 2. The molecule has 1 aliphatic heterocycles. The maximum atomic E-state index is 12.5. The molecule has 21 heavy (non-hydrogen) atoms. The van der Waals surface area contributed by atoms with Crippen molar-refractivity contribution < 1.29 is 24.5 Å². The zero-order valence-corrected chi connectivity index (χ0v) is 11.7. The SMILES string of the molecule is CC1CN(C(=O)N(CC(=O)O)c2ccc(O)cc2)CCO1. The average Bonchev–Trinajstić information content (AvgIpc) is 2.45. The number of phenolic OH excluding ortho intramolecular Hbond substituents is 1. The first-order valence-electron chi connectivity index (χ1n) is 6.66. The molecule has 0 bridgehead atoms. The Labute approximate surface area is 122 Å². The number of morpholine rings is 1. The third-order valence-electron chi connectivity index (χ3n) is 3.20. The first-order valence-corrected chi connectivity index (χ1v) is 6.66. The number of carboxylic acids is 1. The number of nitrogens with zero attached hydrogens (tertiary/aromatic N) is 2. The lowest BCUT2D eigenvalue weighted by molar-refractivity contribution is -0.135. The Bertz CT molecular complexity index is 517. The summed E-state index contributed by atoms with van der Waals surface area (Å²) in [4.78, 5) is 26.3. The molecule has 2 N–H and O–H groups in total. The second-order valence-electron chi connectivity index (χ2n) is 4.91. The van der Waals surface area contributed by atoms with Crippen LogP contribution < -0.4 is 4.90 Å². The number of benzene rings is 1. The lowest BCUT2D eigenvalue weighted by Crippen LogP contribution is -2.51. The number of aliphatic carboxylic acids is 1. The van der Waals surface area contributed by atoms with Gasteiger partial charge >= 0.3 is 12.0 Å². The topological polar surface area (TPSA) is 90.3 Å². The summed E-state index contributed by atoms with van der Waals surface area (Å²) in [6, 6.07) is 5.48. The minimum absolute atomic E-state index is 0.0569. The highest BCUT2D eigenvalue weighted by Gasteiger charge is 2.28. The molecule has 0 aromatic heterocycles. The number of aromatic hydroxyl groups is 1. The first-order chi connectivity index (χ1) is 9.97. The molecule has 0 saturated carbocycles. The van der Waals surface area contributed by atoms with E-state index in [1.54, 1.807) is 4.90 Å². The third-order valence-corrected chi connectivity index (χ3v) is 3.20. The van der Waals surface area contributed by atoms with Gasteiger partial charge in [0, 0.05) is 18.8 Å². The van der Waals surface area contributed by atoms with Crippen molar-refractivity contribution in [2.24, 2.45) is 0 Å². The number of hydrogen-bond acceptors (Lipinski definition) is 4. The highest BCUT2D eigenvalue weighted by Crippen LogP contribution is 2.20. The van der Waals surface area contributed by atoms with Gasteiger partial charge in [-0.3, -0.25) is 9.69 Å². The number of ether oxygens (including phenoxy) is 1. The quantitative estimate of drug-likeness (QED) is 0.872. The van der Waals surface area contributed by atoms with E-state index in [1.165, 1.54) is 29.2 Å². The van der Waals surface area contributed by atoms with Crippen molar-refractivity contribution in [3.8, 4) is 5.75 Å². The summed E-state index contributed by atoms with van der Waals surface area (Å²) in [6.45, 7) is 2.71. The van der Waals surface area contributed by atoms with E-state index in [2.05, 4.69) is 0 Å². The van der Waals surface area contributed by atoms with Crippen molar-refractivity contribution in [3.05, 3.63) is 24.3 Å². The summed E-state index contributed by atoms with van der Waals surface area (Å²) in [5.74, 6) is -1.04. The van der Waals surface area contributed by atoms with Crippen LogP contribution >= 0.6 is 0 Å². The van der Waals surface area contributed by atoms with Crippen LogP contribution in [0.1, 0.15) is 6.92 Å². The van der Waals surface area contributed by atoms with Crippen LogP contribution in [0.2, 0.25) is 0 Å². The number of carbonyl (C=O) groups excluding carboxylic acids is 1. The van der Waals surface area contributed by atoms with Gasteiger partial charge in [-0.2, -0.15) is 0 Å². The Balaban J connectivity index is 2.20. The van der Waals surface area contributed by atoms with Crippen LogP contribution in [0.25, 0.3) is 0 Å². The number of anilines is 1. The lowest BCUT2D eigenvalue weighted by atomic mass is 10.2. The number of rotatable bonds is 3. The minimum Gasteiger partial charge on any atom is -0.508 e. The number of phenols is 1. The number of urea groups is 1. The van der Waals surface area contributed by atoms with E-state index in [-0.39, 0.29) is 17.9 Å². The van der Waals surface area contributed by atoms with E-state index in [9.17, 15) is 14.7 Å². The Hall–Kier alpha value is -2.28. The second kappa shape index (κ2) is 6.45. The van der Waals surface area contributed by atoms with Crippen molar-refractivity contribution in [1.82, 2.24) is 4.90 Å². The summed E-state index contributed by atoms with van der Waals surface area (Å²) in [7, 11) is 0. The molecule has 1 atom stereocenters. The summed E-state index contributed by atoms with van der Waals surface area (Å²) in [5, 5.41) is 18.3. The van der Waals surface area contributed by atoms with E-state index < -0.39 is 12.5 Å². The Kier molecular flexibility index (Phi) is 4.64. The fourth-order valence-electron chi connectivity index (χ4n) is 2.20. The first kappa shape index (κ1) is 15.1. The highest BCUT2D eigenvalue weighted by atomic mass is 16.5. The molecule has 1 aromatic carbocycles. The van der Waals surface area contributed by atoms with Gasteiger partial charge in [-0.25, -0.2) is 4.79 Å². The standard InChI is InChI=1S/C14H18N2O5/c1-10-8-15(6-7-21-10)14(20)16(9-13(18)19)11-2-4-12(17)5-3-11/h2-5,10,17H,6-9H2,1H3,(H,18,19). The number of carbonyl (C=O) groups is 2. The summed E-state index contributed by atoms with van der Waals surface area (Å²) in [6.07, 6.45) is -0.0748. The lowest BCUT2D eigenvalue weighted by Gasteiger charge is -2.34. The predicted octanol–water partition coefficient (Wildman–Crippen LogP) is 1.12. The molecule has 0 spiro atoms. The molecule has 114 valence electrons. The van der Waals surface area contributed by atoms with Crippen molar-refractivity contribution in [2.75, 3.05) is 31.1 Å². The Morgan fingerprint density at radius 3 is 2.62 bits per heavy atom. The summed E-state index contributed by atoms with van der Waals surface area (Å²) in [5.41, 5.74) is 0.430. The molecular weight excluding hydrogens is 276 g/mol. The van der Waals surface area contributed by atoms with Gasteiger partial charge in [-0.1, -0.05) is 0 Å². The highest BCUT2D eigenvalue weighted by molar-refractivity contribution is 5.96. The minimum atomic E-state index is -1.10. The molecule has 2 rings (SSSR count). The van der Waals surface area contributed by atoms with E-state index in [0.29, 0.717) is 25.4 Å².